The number of hydrogen-bond donors (Lipinski definition) is 3. The van der Waals surface area contributed by atoms with Gasteiger partial charge in [-0.1, -0.05) is 31.9 Å². The second kappa shape index (κ2) is 13.2. The predicted octanol–water partition coefficient (Wildman–Crippen LogP) is 4.41. The number of hydrogen-bond acceptors (Lipinski definition) is 7. The van der Waals surface area contributed by atoms with E-state index in [0.717, 1.165) is 65.2 Å². The van der Waals surface area contributed by atoms with Crippen molar-refractivity contribution in [2.75, 3.05) is 63.7 Å². The Kier molecular flexibility index (Phi) is 9.96. The van der Waals surface area contributed by atoms with E-state index in [1.54, 1.807) is 12.1 Å². The number of carbonyl (C=O) groups is 1. The van der Waals surface area contributed by atoms with Crippen LogP contribution in [0, 0.1) is 0 Å². The molecule has 2 aromatic carbocycles. The molecule has 3 heterocycles. The molecular formula is C26H34Br2N6O3. The van der Waals surface area contributed by atoms with Crippen molar-refractivity contribution >= 4 is 60.2 Å². The van der Waals surface area contributed by atoms with Crippen molar-refractivity contribution < 1.29 is 14.3 Å². The number of H-pyrrole nitrogens is 1. The molecule has 0 saturated carbocycles. The molecule has 4 N–H and O–H groups in total. The number of halogens is 2. The first-order valence-electron chi connectivity index (χ1n) is 12.5. The van der Waals surface area contributed by atoms with Crippen LogP contribution in [0.4, 0.5) is 11.4 Å². The lowest BCUT2D eigenvalue weighted by Crippen LogP contribution is -2.47. The van der Waals surface area contributed by atoms with Crippen molar-refractivity contribution in [3.8, 4) is 0 Å². The maximum atomic E-state index is 12.2. The number of benzene rings is 2. The number of carbonyl (C=O) groups excluding carboxylic acids is 1. The second-order valence-corrected chi connectivity index (χ2v) is 11.0. The summed E-state index contributed by atoms with van der Waals surface area (Å²) in [5.41, 5.74) is 9.17. The maximum absolute atomic E-state index is 12.2. The lowest BCUT2D eigenvalue weighted by Gasteiger charge is -2.31. The van der Waals surface area contributed by atoms with Crippen LogP contribution in [0.3, 0.4) is 0 Å². The van der Waals surface area contributed by atoms with E-state index in [1.165, 1.54) is 0 Å². The summed E-state index contributed by atoms with van der Waals surface area (Å²) >= 11 is 6.82. The van der Waals surface area contributed by atoms with Crippen LogP contribution in [0.1, 0.15) is 25.7 Å². The molecular weight excluding hydrogens is 604 g/mol. The van der Waals surface area contributed by atoms with Crippen molar-refractivity contribution in [3.63, 3.8) is 0 Å². The first-order chi connectivity index (χ1) is 17.8. The summed E-state index contributed by atoms with van der Waals surface area (Å²) in [7, 11) is 0. The van der Waals surface area contributed by atoms with E-state index in [-0.39, 0.29) is 11.9 Å². The molecule has 1 aromatic heterocycles. The number of nitrogens with zero attached hydrogens (tertiary/aromatic N) is 3. The van der Waals surface area contributed by atoms with Gasteiger partial charge in [0.05, 0.1) is 60.9 Å². The third kappa shape index (κ3) is 7.52. The van der Waals surface area contributed by atoms with E-state index in [2.05, 4.69) is 69.9 Å². The average Bonchev–Trinajstić information content (AvgIpc) is 3.34. The zero-order chi connectivity index (χ0) is 26.4. The lowest BCUT2D eigenvalue weighted by atomic mass is 10.2. The minimum Gasteiger partial charge on any atom is -0.397 e. The molecule has 1 amide bonds. The summed E-state index contributed by atoms with van der Waals surface area (Å²) < 4.78 is 12.6. The van der Waals surface area contributed by atoms with Crippen LogP contribution in [0.2, 0.25) is 0 Å². The molecule has 2 atom stereocenters. The first-order valence-corrected chi connectivity index (χ1v) is 14.0. The Morgan fingerprint density at radius 3 is 2.22 bits per heavy atom. The van der Waals surface area contributed by atoms with Crippen molar-refractivity contribution in [1.29, 1.82) is 0 Å². The monoisotopic (exact) mass is 636 g/mol. The summed E-state index contributed by atoms with van der Waals surface area (Å²) in [5, 5.41) is 2.87. The van der Waals surface area contributed by atoms with E-state index >= 15 is 0 Å². The Morgan fingerprint density at radius 2 is 1.57 bits per heavy atom. The molecule has 5 rings (SSSR count). The second-order valence-electron chi connectivity index (χ2n) is 9.15. The topological polar surface area (TPSA) is 109 Å². The molecule has 37 heavy (non-hydrogen) atoms. The molecule has 2 saturated heterocycles. The molecule has 0 spiro atoms. The van der Waals surface area contributed by atoms with Crippen molar-refractivity contribution in [3.05, 3.63) is 51.2 Å². The number of morpholine rings is 2. The number of fused-ring (bicyclic) bond motifs is 1. The van der Waals surface area contributed by atoms with Gasteiger partial charge in [0.2, 0.25) is 5.91 Å². The Hall–Kier alpha value is -2.02. The number of imidazole rings is 1. The van der Waals surface area contributed by atoms with Gasteiger partial charge < -0.3 is 25.5 Å². The highest BCUT2D eigenvalue weighted by Crippen LogP contribution is 2.24. The van der Waals surface area contributed by atoms with E-state index < -0.39 is 0 Å². The SMILES string of the molecule is CC(C(=O)Nc1ccc(Br)cc1N)N1CCOCC1.CC(c1nc2ccc(Br)cc2[nH]1)N1CCOCC1. The van der Waals surface area contributed by atoms with Crippen LogP contribution in [0.15, 0.2) is 45.3 Å². The highest BCUT2D eigenvalue weighted by atomic mass is 79.9. The zero-order valence-corrected chi connectivity index (χ0v) is 24.3. The Morgan fingerprint density at radius 1 is 0.973 bits per heavy atom. The number of aromatic amines is 1. The summed E-state index contributed by atoms with van der Waals surface area (Å²) in [4.78, 5) is 24.8. The van der Waals surface area contributed by atoms with Gasteiger partial charge >= 0.3 is 0 Å². The van der Waals surface area contributed by atoms with Gasteiger partial charge in [0.25, 0.3) is 0 Å². The minimum atomic E-state index is -0.188. The number of nitrogens with two attached hydrogens (primary N) is 1. The predicted molar refractivity (Wildman–Crippen MR) is 154 cm³/mol. The third-order valence-electron chi connectivity index (χ3n) is 6.70. The van der Waals surface area contributed by atoms with Gasteiger partial charge in [0.15, 0.2) is 0 Å². The number of aromatic nitrogens is 2. The largest absolute Gasteiger partial charge is 0.397 e. The van der Waals surface area contributed by atoms with Gasteiger partial charge in [-0.2, -0.15) is 0 Å². The highest BCUT2D eigenvalue weighted by Gasteiger charge is 2.24. The lowest BCUT2D eigenvalue weighted by molar-refractivity contribution is -0.122. The van der Waals surface area contributed by atoms with E-state index in [0.29, 0.717) is 30.6 Å². The summed E-state index contributed by atoms with van der Waals surface area (Å²) in [6, 6.07) is 11.7. The van der Waals surface area contributed by atoms with Gasteiger partial charge in [0, 0.05) is 35.1 Å². The normalized spacial score (nSPS) is 18.6. The molecule has 2 fully saturated rings. The minimum absolute atomic E-state index is 0.0454. The van der Waals surface area contributed by atoms with Crippen molar-refractivity contribution in [2.24, 2.45) is 0 Å². The van der Waals surface area contributed by atoms with Crippen LogP contribution in [-0.4, -0.2) is 84.3 Å². The molecule has 2 unspecified atom stereocenters. The molecule has 200 valence electrons. The van der Waals surface area contributed by atoms with Gasteiger partial charge in [-0.05, 0) is 50.2 Å². The number of rotatable bonds is 5. The molecule has 3 aromatic rings. The van der Waals surface area contributed by atoms with Gasteiger partial charge in [-0.3, -0.25) is 14.6 Å². The van der Waals surface area contributed by atoms with Gasteiger partial charge in [-0.25, -0.2) is 4.98 Å². The standard InChI is InChI=1S/C13H18BrN3O2.C13H16BrN3O/c1-9(17-4-6-19-7-5-17)13(18)16-12-3-2-10(14)8-11(12)15;1-9(17-4-6-18-7-5-17)13-15-11-3-2-10(14)8-12(11)16-13/h2-3,8-9H,4-7,15H2,1H3,(H,16,18);2-3,8-9H,4-7H2,1H3,(H,15,16). The zero-order valence-electron chi connectivity index (χ0n) is 21.2. The number of amides is 1. The average molecular weight is 638 g/mol. The number of nitrogen functional groups attached to an aromatic ring is 1. The van der Waals surface area contributed by atoms with Gasteiger partial charge in [0.1, 0.15) is 5.82 Å². The molecule has 9 nitrogen and oxygen atoms in total. The fourth-order valence-corrected chi connectivity index (χ4v) is 5.09. The van der Waals surface area contributed by atoms with Crippen molar-refractivity contribution in [2.45, 2.75) is 25.9 Å². The Labute approximate surface area is 234 Å². The Bertz CT molecular complexity index is 1190. The smallest absolute Gasteiger partial charge is 0.241 e. The molecule has 0 radical (unpaired) electrons. The number of nitrogens with one attached hydrogen (secondary N) is 2. The van der Waals surface area contributed by atoms with Crippen LogP contribution in [-0.2, 0) is 14.3 Å². The maximum Gasteiger partial charge on any atom is 0.241 e. The van der Waals surface area contributed by atoms with E-state index in [4.69, 9.17) is 15.2 Å². The van der Waals surface area contributed by atoms with E-state index in [9.17, 15) is 4.79 Å². The molecule has 0 bridgehead atoms. The molecule has 2 aliphatic heterocycles. The van der Waals surface area contributed by atoms with Gasteiger partial charge in [-0.15, -0.1) is 0 Å². The number of ether oxygens (including phenoxy) is 2. The summed E-state index contributed by atoms with van der Waals surface area (Å²) in [6.07, 6.45) is 0. The fraction of sp³-hybridized carbons (Fsp3) is 0.462. The number of anilines is 2. The van der Waals surface area contributed by atoms with Crippen molar-refractivity contribution in [1.82, 2.24) is 19.8 Å². The fourth-order valence-electron chi connectivity index (χ4n) is 4.35. The molecule has 11 heteroatoms. The van der Waals surface area contributed by atoms with Crippen LogP contribution in [0.5, 0.6) is 0 Å². The van der Waals surface area contributed by atoms with Crippen LogP contribution < -0.4 is 11.1 Å². The first kappa shape index (κ1) is 28.0. The Balaban J connectivity index is 0.000000173. The molecule has 0 aliphatic carbocycles. The van der Waals surface area contributed by atoms with Crippen LogP contribution in [0.25, 0.3) is 11.0 Å². The summed E-state index contributed by atoms with van der Waals surface area (Å²) in [6.45, 7) is 10.6. The summed E-state index contributed by atoms with van der Waals surface area (Å²) in [5.74, 6) is 0.987. The third-order valence-corrected chi connectivity index (χ3v) is 7.68. The molecule has 2 aliphatic rings. The van der Waals surface area contributed by atoms with Crippen LogP contribution >= 0.6 is 31.9 Å². The van der Waals surface area contributed by atoms with E-state index in [1.807, 2.05) is 25.1 Å². The highest BCUT2D eigenvalue weighted by molar-refractivity contribution is 9.10. The quantitative estimate of drug-likeness (QED) is 0.356.